The summed E-state index contributed by atoms with van der Waals surface area (Å²) in [4.78, 5) is 13.3. The van der Waals surface area contributed by atoms with Gasteiger partial charge in [0.05, 0.1) is 17.1 Å². The average molecular weight is 485 g/mol. The van der Waals surface area contributed by atoms with Crippen molar-refractivity contribution in [1.29, 1.82) is 0 Å². The maximum Gasteiger partial charge on any atom is 0.276 e. The van der Waals surface area contributed by atoms with Crippen LogP contribution < -0.4 is 9.62 Å². The van der Waals surface area contributed by atoms with Crippen molar-refractivity contribution in [2.45, 2.75) is 38.5 Å². The van der Waals surface area contributed by atoms with E-state index in [1.54, 1.807) is 24.3 Å². The molecule has 0 spiro atoms. The number of sulfonamides is 1. The van der Waals surface area contributed by atoms with Crippen LogP contribution in [0.15, 0.2) is 48.5 Å². The van der Waals surface area contributed by atoms with E-state index in [1.165, 1.54) is 4.31 Å². The fraction of sp³-hybridized carbons (Fsp3) is 0.333. The first-order chi connectivity index (χ1) is 15.9. The van der Waals surface area contributed by atoms with Crippen molar-refractivity contribution in [3.63, 3.8) is 0 Å². The average Bonchev–Trinajstić information content (AvgIpc) is 3.24. The molecular formula is C24H25ClN4O3S. The van der Waals surface area contributed by atoms with Gasteiger partial charge in [0.25, 0.3) is 5.91 Å². The third kappa shape index (κ3) is 4.37. The monoisotopic (exact) mass is 484 g/mol. The molecule has 0 atom stereocenters. The molecule has 3 aromatic rings. The second-order valence-corrected chi connectivity index (χ2v) is 10.9. The molecule has 1 fully saturated rings. The minimum absolute atomic E-state index is 0.151. The third-order valence-electron chi connectivity index (χ3n) is 6.21. The predicted octanol–water partition coefficient (Wildman–Crippen LogP) is 4.59. The van der Waals surface area contributed by atoms with Crippen LogP contribution >= 0.6 is 11.6 Å². The molecule has 0 bridgehead atoms. The van der Waals surface area contributed by atoms with Crippen LogP contribution in [0.25, 0.3) is 5.69 Å². The largest absolute Gasteiger partial charge is 0.321 e. The van der Waals surface area contributed by atoms with Gasteiger partial charge in [-0.3, -0.25) is 9.10 Å². The van der Waals surface area contributed by atoms with Crippen LogP contribution in [0.4, 0.5) is 11.4 Å². The molecule has 7 nitrogen and oxygen atoms in total. The zero-order valence-electron chi connectivity index (χ0n) is 18.1. The Morgan fingerprint density at radius 1 is 0.970 bits per heavy atom. The van der Waals surface area contributed by atoms with Crippen LogP contribution in [-0.4, -0.2) is 36.4 Å². The fourth-order valence-corrected chi connectivity index (χ4v) is 6.29. The second-order valence-electron chi connectivity index (χ2n) is 8.47. The van der Waals surface area contributed by atoms with E-state index in [-0.39, 0.29) is 11.7 Å². The Bertz CT molecular complexity index is 1300. The first-order valence-corrected chi connectivity index (χ1v) is 13.2. The Kier molecular flexibility index (Phi) is 5.88. The van der Waals surface area contributed by atoms with Crippen molar-refractivity contribution in [3.05, 3.63) is 70.5 Å². The molecule has 0 saturated carbocycles. The summed E-state index contributed by atoms with van der Waals surface area (Å²) in [7, 11) is -3.29. The molecule has 9 heteroatoms. The number of aromatic nitrogens is 2. The van der Waals surface area contributed by atoms with Crippen molar-refractivity contribution in [2.75, 3.05) is 21.9 Å². The number of nitrogens with zero attached hydrogens (tertiary/aromatic N) is 3. The number of anilines is 2. The Morgan fingerprint density at radius 3 is 2.52 bits per heavy atom. The van der Waals surface area contributed by atoms with Crippen LogP contribution in [0.1, 0.15) is 47.4 Å². The maximum absolute atomic E-state index is 13.3. The van der Waals surface area contributed by atoms with Gasteiger partial charge in [-0.2, -0.15) is 5.10 Å². The first kappa shape index (κ1) is 22.0. The quantitative estimate of drug-likeness (QED) is 0.549. The van der Waals surface area contributed by atoms with Gasteiger partial charge in [-0.25, -0.2) is 13.1 Å². The molecule has 2 aromatic carbocycles. The van der Waals surface area contributed by atoms with E-state index in [0.29, 0.717) is 35.1 Å². The number of hydrogen-bond donors (Lipinski definition) is 1. The van der Waals surface area contributed by atoms with Crippen molar-refractivity contribution in [1.82, 2.24) is 9.78 Å². The molecule has 1 saturated heterocycles. The minimum atomic E-state index is -3.29. The zero-order valence-corrected chi connectivity index (χ0v) is 19.7. The van der Waals surface area contributed by atoms with Crippen LogP contribution in [0.3, 0.4) is 0 Å². The summed E-state index contributed by atoms with van der Waals surface area (Å²) < 4.78 is 27.8. The van der Waals surface area contributed by atoms with Gasteiger partial charge in [0, 0.05) is 28.5 Å². The van der Waals surface area contributed by atoms with Crippen molar-refractivity contribution >= 4 is 38.9 Å². The number of nitrogens with one attached hydrogen (secondary N) is 1. The predicted molar refractivity (Wildman–Crippen MR) is 130 cm³/mol. The number of carbonyl (C=O) groups excluding carboxylic acids is 1. The van der Waals surface area contributed by atoms with E-state index in [1.807, 2.05) is 28.9 Å². The van der Waals surface area contributed by atoms with Gasteiger partial charge in [-0.15, -0.1) is 0 Å². The van der Waals surface area contributed by atoms with E-state index in [0.717, 1.165) is 49.0 Å². The SMILES string of the molecule is O=C(Nc1cccc(N2CCCS2(=O)=O)c1)c1nn(-c2ccc(Cl)cc2)c2c1CCCCC2. The second kappa shape index (κ2) is 8.83. The fourth-order valence-electron chi connectivity index (χ4n) is 4.61. The van der Waals surface area contributed by atoms with E-state index < -0.39 is 10.0 Å². The molecule has 1 aliphatic heterocycles. The van der Waals surface area contributed by atoms with Crippen molar-refractivity contribution in [2.24, 2.45) is 0 Å². The molecule has 2 heterocycles. The van der Waals surface area contributed by atoms with Crippen LogP contribution in [0.5, 0.6) is 0 Å². The molecule has 2 aliphatic rings. The van der Waals surface area contributed by atoms with Crippen LogP contribution in [-0.2, 0) is 22.9 Å². The molecule has 0 unspecified atom stereocenters. The molecule has 1 aliphatic carbocycles. The van der Waals surface area contributed by atoms with Crippen LogP contribution in [0.2, 0.25) is 5.02 Å². The van der Waals surface area contributed by atoms with E-state index in [4.69, 9.17) is 16.7 Å². The highest BCUT2D eigenvalue weighted by molar-refractivity contribution is 7.93. The lowest BCUT2D eigenvalue weighted by Crippen LogP contribution is -2.25. The number of rotatable bonds is 4. The zero-order chi connectivity index (χ0) is 23.0. The first-order valence-electron chi connectivity index (χ1n) is 11.2. The molecule has 1 N–H and O–H groups in total. The summed E-state index contributed by atoms with van der Waals surface area (Å²) >= 11 is 6.06. The van der Waals surface area contributed by atoms with Crippen molar-refractivity contribution in [3.8, 4) is 5.69 Å². The van der Waals surface area contributed by atoms with Gasteiger partial charge >= 0.3 is 0 Å². The molecule has 5 rings (SSSR count). The molecule has 33 heavy (non-hydrogen) atoms. The topological polar surface area (TPSA) is 84.3 Å². The minimum Gasteiger partial charge on any atom is -0.321 e. The number of amides is 1. The highest BCUT2D eigenvalue weighted by Gasteiger charge is 2.29. The maximum atomic E-state index is 13.3. The normalized spacial score (nSPS) is 17.4. The van der Waals surface area contributed by atoms with Crippen LogP contribution in [0, 0.1) is 0 Å². The Labute approximate surface area is 198 Å². The Morgan fingerprint density at radius 2 is 1.76 bits per heavy atom. The third-order valence-corrected chi connectivity index (χ3v) is 8.33. The van der Waals surface area contributed by atoms with E-state index in [9.17, 15) is 13.2 Å². The van der Waals surface area contributed by atoms with Gasteiger partial charge in [-0.05, 0) is 74.6 Å². The van der Waals surface area contributed by atoms with Gasteiger partial charge in [0.2, 0.25) is 10.0 Å². The summed E-state index contributed by atoms with van der Waals surface area (Å²) in [6.45, 7) is 0.457. The van der Waals surface area contributed by atoms with E-state index in [2.05, 4.69) is 5.32 Å². The summed E-state index contributed by atoms with van der Waals surface area (Å²) in [5.41, 5.74) is 4.45. The number of fused-ring (bicyclic) bond motifs is 1. The molecular weight excluding hydrogens is 460 g/mol. The standard InChI is InChI=1S/C24H25ClN4O3S/c25-17-10-12-19(13-11-17)29-22-9-3-1-2-8-21(22)23(27-29)24(30)26-18-6-4-7-20(16-18)28-14-5-15-33(28,31)32/h4,6-7,10-13,16H,1-3,5,8-9,14-15H2,(H,26,30). The van der Waals surface area contributed by atoms with Gasteiger partial charge < -0.3 is 5.32 Å². The molecule has 1 aromatic heterocycles. The summed E-state index contributed by atoms with van der Waals surface area (Å²) in [6, 6.07) is 14.4. The molecule has 0 radical (unpaired) electrons. The Balaban J connectivity index is 1.47. The van der Waals surface area contributed by atoms with Crippen molar-refractivity contribution < 1.29 is 13.2 Å². The van der Waals surface area contributed by atoms with Gasteiger partial charge in [0.15, 0.2) is 5.69 Å². The lowest BCUT2D eigenvalue weighted by molar-refractivity contribution is 0.102. The van der Waals surface area contributed by atoms with Gasteiger partial charge in [-0.1, -0.05) is 24.1 Å². The number of halogens is 1. The summed E-state index contributed by atoms with van der Waals surface area (Å²) in [5, 5.41) is 8.29. The Hall–Kier alpha value is -2.84. The summed E-state index contributed by atoms with van der Waals surface area (Å²) in [6.07, 6.45) is 5.45. The lowest BCUT2D eigenvalue weighted by Gasteiger charge is -2.17. The lowest BCUT2D eigenvalue weighted by atomic mass is 10.1. The number of carbonyl (C=O) groups is 1. The molecule has 172 valence electrons. The highest BCUT2D eigenvalue weighted by Crippen LogP contribution is 2.29. The summed E-state index contributed by atoms with van der Waals surface area (Å²) in [5.74, 6) is -0.139. The number of benzene rings is 2. The van der Waals surface area contributed by atoms with Gasteiger partial charge in [0.1, 0.15) is 0 Å². The highest BCUT2D eigenvalue weighted by atomic mass is 35.5. The number of hydrogen-bond acceptors (Lipinski definition) is 4. The van der Waals surface area contributed by atoms with E-state index >= 15 is 0 Å². The molecule has 1 amide bonds. The smallest absolute Gasteiger partial charge is 0.276 e.